The molecule has 1 saturated heterocycles. The van der Waals surface area contributed by atoms with E-state index < -0.39 is 0 Å². The average molecular weight is 374 g/mol. The van der Waals surface area contributed by atoms with Gasteiger partial charge in [0.25, 0.3) is 5.91 Å². The topological polar surface area (TPSA) is 59.0 Å². The average Bonchev–Trinajstić information content (AvgIpc) is 3.16. The van der Waals surface area contributed by atoms with E-state index in [2.05, 4.69) is 34.8 Å². The second-order valence-corrected chi connectivity index (χ2v) is 7.49. The van der Waals surface area contributed by atoms with Crippen molar-refractivity contribution in [2.45, 2.75) is 32.6 Å². The van der Waals surface area contributed by atoms with Gasteiger partial charge in [-0.3, -0.25) is 4.79 Å². The van der Waals surface area contributed by atoms with E-state index in [0.717, 1.165) is 48.6 Å². The highest BCUT2D eigenvalue weighted by atomic mass is 16.1. The molecule has 3 aromatic rings. The molecule has 144 valence electrons. The molecule has 5 heteroatoms. The van der Waals surface area contributed by atoms with Crippen LogP contribution in [0.2, 0.25) is 0 Å². The predicted molar refractivity (Wildman–Crippen MR) is 112 cm³/mol. The van der Waals surface area contributed by atoms with E-state index in [1.807, 2.05) is 48.0 Å². The van der Waals surface area contributed by atoms with E-state index >= 15 is 0 Å². The van der Waals surface area contributed by atoms with Gasteiger partial charge in [0.15, 0.2) is 0 Å². The zero-order valence-corrected chi connectivity index (χ0v) is 16.4. The minimum Gasteiger partial charge on any atom is -0.322 e. The van der Waals surface area contributed by atoms with Gasteiger partial charge in [-0.2, -0.15) is 5.10 Å². The molecule has 2 N–H and O–H groups in total. The van der Waals surface area contributed by atoms with E-state index in [1.54, 1.807) is 6.20 Å². The van der Waals surface area contributed by atoms with E-state index in [9.17, 15) is 4.79 Å². The number of para-hydroxylation sites is 1. The maximum Gasteiger partial charge on any atom is 0.259 e. The number of rotatable bonds is 4. The van der Waals surface area contributed by atoms with Gasteiger partial charge >= 0.3 is 0 Å². The lowest BCUT2D eigenvalue weighted by Gasteiger charge is -2.25. The Morgan fingerprint density at radius 3 is 2.64 bits per heavy atom. The summed E-state index contributed by atoms with van der Waals surface area (Å²) in [6.07, 6.45) is 3.72. The Morgan fingerprint density at radius 1 is 1.11 bits per heavy atom. The number of nitrogens with one attached hydrogen (secondary N) is 2. The van der Waals surface area contributed by atoms with Gasteiger partial charge in [-0.15, -0.1) is 0 Å². The van der Waals surface area contributed by atoms with Crippen LogP contribution in [0.15, 0.2) is 54.7 Å². The molecule has 1 aliphatic heterocycles. The van der Waals surface area contributed by atoms with Crippen molar-refractivity contribution in [1.82, 2.24) is 15.1 Å². The molecular formula is C23H26N4O. The molecule has 0 bridgehead atoms. The number of hydrogen-bond donors (Lipinski definition) is 2. The number of anilines is 1. The summed E-state index contributed by atoms with van der Waals surface area (Å²) in [5.74, 6) is 0.212. The highest BCUT2D eigenvalue weighted by molar-refractivity contribution is 6.05. The number of aryl methyl sites for hydroxylation is 2. The van der Waals surface area contributed by atoms with Crippen LogP contribution >= 0.6 is 0 Å². The molecule has 28 heavy (non-hydrogen) atoms. The highest BCUT2D eigenvalue weighted by Crippen LogP contribution is 2.31. The van der Waals surface area contributed by atoms with Crippen molar-refractivity contribution < 1.29 is 4.79 Å². The highest BCUT2D eigenvalue weighted by Gasteiger charge is 2.27. The van der Waals surface area contributed by atoms with E-state index in [-0.39, 0.29) is 5.91 Å². The first-order chi connectivity index (χ1) is 13.6. The van der Waals surface area contributed by atoms with Gasteiger partial charge in [-0.05, 0) is 69.1 Å². The standard InChI is InChI=1S/C23H26N4O/c1-16-6-5-8-19(14-16)27-22(18-10-12-24-13-11-18)20(15-25-27)23(28)26-21-9-4-3-7-17(21)2/h3-9,14-15,18,24H,10-13H2,1-2H3,(H,26,28). The number of carbonyl (C=O) groups is 1. The lowest BCUT2D eigenvalue weighted by atomic mass is 9.91. The molecule has 0 spiro atoms. The maximum atomic E-state index is 13.2. The number of piperidine rings is 1. The molecule has 4 rings (SSSR count). The van der Waals surface area contributed by atoms with Crippen LogP contribution in [-0.2, 0) is 0 Å². The third-order valence-electron chi connectivity index (χ3n) is 5.42. The normalized spacial score (nSPS) is 14.8. The van der Waals surface area contributed by atoms with Crippen LogP contribution in [0.1, 0.15) is 45.9 Å². The molecule has 2 aromatic carbocycles. The minimum atomic E-state index is -0.0956. The summed E-state index contributed by atoms with van der Waals surface area (Å²) in [6.45, 7) is 5.99. The van der Waals surface area contributed by atoms with E-state index in [4.69, 9.17) is 0 Å². The second kappa shape index (κ2) is 7.98. The van der Waals surface area contributed by atoms with Gasteiger partial charge in [0.05, 0.1) is 23.1 Å². The Hall–Kier alpha value is -2.92. The first-order valence-electron chi connectivity index (χ1n) is 9.86. The number of carbonyl (C=O) groups excluding carboxylic acids is 1. The number of amides is 1. The molecule has 5 nitrogen and oxygen atoms in total. The molecule has 1 amide bonds. The number of aromatic nitrogens is 2. The summed E-state index contributed by atoms with van der Waals surface area (Å²) in [5.41, 5.74) is 5.74. The zero-order chi connectivity index (χ0) is 19.5. The molecule has 1 aromatic heterocycles. The van der Waals surface area contributed by atoms with Crippen molar-refractivity contribution in [3.8, 4) is 5.69 Å². The lowest BCUT2D eigenvalue weighted by molar-refractivity contribution is 0.102. The largest absolute Gasteiger partial charge is 0.322 e. The molecule has 1 fully saturated rings. The van der Waals surface area contributed by atoms with E-state index in [1.165, 1.54) is 5.56 Å². The molecule has 0 atom stereocenters. The number of benzene rings is 2. The first-order valence-corrected chi connectivity index (χ1v) is 9.86. The van der Waals surface area contributed by atoms with Crippen LogP contribution in [0.4, 0.5) is 5.69 Å². The summed E-state index contributed by atoms with van der Waals surface area (Å²) < 4.78 is 1.95. The Balaban J connectivity index is 1.74. The minimum absolute atomic E-state index is 0.0956. The third kappa shape index (κ3) is 3.71. The summed E-state index contributed by atoms with van der Waals surface area (Å²) in [7, 11) is 0. The van der Waals surface area contributed by atoms with Crippen LogP contribution in [-0.4, -0.2) is 28.8 Å². The third-order valence-corrected chi connectivity index (χ3v) is 5.42. The fraction of sp³-hybridized carbons (Fsp3) is 0.304. The zero-order valence-electron chi connectivity index (χ0n) is 16.4. The molecular weight excluding hydrogens is 348 g/mol. The Bertz CT molecular complexity index is 986. The maximum absolute atomic E-state index is 13.2. The molecule has 2 heterocycles. The fourth-order valence-corrected chi connectivity index (χ4v) is 3.89. The van der Waals surface area contributed by atoms with E-state index in [0.29, 0.717) is 11.5 Å². The summed E-state index contributed by atoms with van der Waals surface area (Å²) in [4.78, 5) is 13.2. The number of nitrogens with zero attached hydrogens (tertiary/aromatic N) is 2. The van der Waals surface area contributed by atoms with Gasteiger partial charge in [0.1, 0.15) is 0 Å². The van der Waals surface area contributed by atoms with Gasteiger partial charge in [0, 0.05) is 11.6 Å². The van der Waals surface area contributed by atoms with Crippen molar-refractivity contribution in [3.63, 3.8) is 0 Å². The lowest BCUT2D eigenvalue weighted by Crippen LogP contribution is -2.29. The van der Waals surface area contributed by atoms with Gasteiger partial charge in [-0.1, -0.05) is 30.3 Å². The quantitative estimate of drug-likeness (QED) is 0.719. The fourth-order valence-electron chi connectivity index (χ4n) is 3.89. The van der Waals surface area contributed by atoms with Gasteiger partial charge < -0.3 is 10.6 Å². The number of hydrogen-bond acceptors (Lipinski definition) is 3. The van der Waals surface area contributed by atoms with Gasteiger partial charge in [-0.25, -0.2) is 4.68 Å². The molecule has 0 saturated carbocycles. The molecule has 0 aliphatic carbocycles. The first kappa shape index (κ1) is 18.4. The van der Waals surface area contributed by atoms with Crippen LogP contribution in [0, 0.1) is 13.8 Å². The van der Waals surface area contributed by atoms with Crippen molar-refractivity contribution >= 4 is 11.6 Å². The predicted octanol–water partition coefficient (Wildman–Crippen LogP) is 4.21. The van der Waals surface area contributed by atoms with Crippen molar-refractivity contribution in [2.75, 3.05) is 18.4 Å². The molecule has 0 radical (unpaired) electrons. The Kier molecular flexibility index (Phi) is 5.26. The smallest absolute Gasteiger partial charge is 0.259 e. The Morgan fingerprint density at radius 2 is 1.89 bits per heavy atom. The van der Waals surface area contributed by atoms with Crippen molar-refractivity contribution in [3.05, 3.63) is 77.1 Å². The van der Waals surface area contributed by atoms with Crippen LogP contribution in [0.5, 0.6) is 0 Å². The molecule has 0 unspecified atom stereocenters. The summed E-state index contributed by atoms with van der Waals surface area (Å²) >= 11 is 0. The van der Waals surface area contributed by atoms with Crippen molar-refractivity contribution in [2.24, 2.45) is 0 Å². The van der Waals surface area contributed by atoms with Crippen LogP contribution < -0.4 is 10.6 Å². The Labute approximate surface area is 165 Å². The van der Waals surface area contributed by atoms with Crippen molar-refractivity contribution in [1.29, 1.82) is 0 Å². The monoisotopic (exact) mass is 374 g/mol. The summed E-state index contributed by atoms with van der Waals surface area (Å²) in [5, 5.41) is 11.1. The summed E-state index contributed by atoms with van der Waals surface area (Å²) in [6, 6.07) is 16.1. The molecule has 1 aliphatic rings. The second-order valence-electron chi connectivity index (χ2n) is 7.49. The van der Waals surface area contributed by atoms with Gasteiger partial charge in [0.2, 0.25) is 0 Å². The van der Waals surface area contributed by atoms with Crippen LogP contribution in [0.25, 0.3) is 5.69 Å². The van der Waals surface area contributed by atoms with Crippen LogP contribution in [0.3, 0.4) is 0 Å². The SMILES string of the molecule is Cc1cccc(-n2ncc(C(=O)Nc3ccccc3C)c2C2CCNCC2)c1.